The second-order valence-electron chi connectivity index (χ2n) is 3.38. The van der Waals surface area contributed by atoms with Crippen LogP contribution in [0.3, 0.4) is 0 Å². The third kappa shape index (κ3) is 0.611. The van der Waals surface area contributed by atoms with Crippen LogP contribution in [0, 0.1) is 5.92 Å². The number of hydrogen-bond donors (Lipinski definition) is 2. The van der Waals surface area contributed by atoms with Crippen molar-refractivity contribution in [1.82, 2.24) is 5.32 Å². The van der Waals surface area contributed by atoms with Crippen LogP contribution in [0.5, 0.6) is 0 Å². The lowest BCUT2D eigenvalue weighted by Gasteiger charge is -2.21. The van der Waals surface area contributed by atoms with Gasteiger partial charge >= 0.3 is 5.97 Å². The Labute approximate surface area is 59.4 Å². The van der Waals surface area contributed by atoms with Crippen LogP contribution in [0.1, 0.15) is 19.3 Å². The van der Waals surface area contributed by atoms with Crippen molar-refractivity contribution in [2.24, 2.45) is 5.92 Å². The summed E-state index contributed by atoms with van der Waals surface area (Å²) in [6.07, 6.45) is 2.77. The predicted molar refractivity (Wildman–Crippen MR) is 35.7 cm³/mol. The van der Waals surface area contributed by atoms with Crippen LogP contribution < -0.4 is 5.32 Å². The van der Waals surface area contributed by atoms with Gasteiger partial charge in [-0.1, -0.05) is 0 Å². The molecule has 3 heteroatoms. The van der Waals surface area contributed by atoms with Gasteiger partial charge < -0.3 is 10.4 Å². The Bertz CT molecular complexity index is 170. The monoisotopic (exact) mass is 141 g/mol. The highest BCUT2D eigenvalue weighted by Gasteiger charge is 2.50. The molecule has 0 aromatic carbocycles. The fourth-order valence-electron chi connectivity index (χ4n) is 2.09. The van der Waals surface area contributed by atoms with Crippen molar-refractivity contribution in [1.29, 1.82) is 0 Å². The van der Waals surface area contributed by atoms with E-state index < -0.39 is 11.5 Å². The molecular weight excluding hydrogens is 130 g/mol. The summed E-state index contributed by atoms with van der Waals surface area (Å²) in [4.78, 5) is 10.7. The first kappa shape index (κ1) is 6.16. The molecule has 0 radical (unpaired) electrons. The van der Waals surface area contributed by atoms with E-state index in [0.717, 1.165) is 25.8 Å². The van der Waals surface area contributed by atoms with Crippen LogP contribution >= 0.6 is 0 Å². The molecule has 10 heavy (non-hydrogen) atoms. The van der Waals surface area contributed by atoms with Crippen LogP contribution in [0.4, 0.5) is 0 Å². The SMILES string of the molecule is O=C(O)[C@]12CC[C@H](CN1)C2. The lowest BCUT2D eigenvalue weighted by atomic mass is 10.0. The van der Waals surface area contributed by atoms with Gasteiger partial charge in [0.15, 0.2) is 0 Å². The Kier molecular flexibility index (Phi) is 1.06. The van der Waals surface area contributed by atoms with E-state index in [1.54, 1.807) is 0 Å². The summed E-state index contributed by atoms with van der Waals surface area (Å²) in [6.45, 7) is 0.909. The number of nitrogens with one attached hydrogen (secondary N) is 1. The summed E-state index contributed by atoms with van der Waals surface area (Å²) in [5.74, 6) is -0.0244. The topological polar surface area (TPSA) is 49.3 Å². The van der Waals surface area contributed by atoms with Crippen LogP contribution in [0.15, 0.2) is 0 Å². The number of rotatable bonds is 1. The normalized spacial score (nSPS) is 44.2. The number of fused-ring (bicyclic) bond motifs is 2. The third-order valence-electron chi connectivity index (χ3n) is 2.76. The molecule has 2 aliphatic rings. The molecule has 2 atom stereocenters. The Morgan fingerprint density at radius 1 is 1.70 bits per heavy atom. The van der Waals surface area contributed by atoms with Crippen LogP contribution in [-0.4, -0.2) is 23.2 Å². The van der Waals surface area contributed by atoms with Gasteiger partial charge in [-0.3, -0.25) is 4.79 Å². The molecule has 1 saturated carbocycles. The summed E-state index contributed by atoms with van der Waals surface area (Å²) < 4.78 is 0. The van der Waals surface area contributed by atoms with Crippen molar-refractivity contribution < 1.29 is 9.90 Å². The van der Waals surface area contributed by atoms with Crippen molar-refractivity contribution >= 4 is 5.97 Å². The highest BCUT2D eigenvalue weighted by Crippen LogP contribution is 2.39. The second-order valence-corrected chi connectivity index (χ2v) is 3.38. The lowest BCUT2D eigenvalue weighted by Crippen LogP contribution is -2.47. The average molecular weight is 141 g/mol. The molecule has 2 fully saturated rings. The molecule has 0 unspecified atom stereocenters. The van der Waals surface area contributed by atoms with E-state index in [1.165, 1.54) is 0 Å². The molecule has 1 saturated heterocycles. The zero-order valence-electron chi connectivity index (χ0n) is 5.76. The molecule has 3 nitrogen and oxygen atoms in total. The minimum atomic E-state index is -0.660. The Hall–Kier alpha value is -0.570. The van der Waals surface area contributed by atoms with Gasteiger partial charge in [-0.15, -0.1) is 0 Å². The summed E-state index contributed by atoms with van der Waals surface area (Å²) in [5, 5.41) is 11.9. The first-order valence-corrected chi connectivity index (χ1v) is 3.71. The smallest absolute Gasteiger partial charge is 0.323 e. The van der Waals surface area contributed by atoms with E-state index >= 15 is 0 Å². The van der Waals surface area contributed by atoms with Gasteiger partial charge in [-0.25, -0.2) is 0 Å². The highest BCUT2D eigenvalue weighted by atomic mass is 16.4. The van der Waals surface area contributed by atoms with Crippen molar-refractivity contribution in [2.45, 2.75) is 24.8 Å². The number of carboxylic acid groups (broad SMARTS) is 1. The maximum absolute atomic E-state index is 10.7. The second kappa shape index (κ2) is 1.72. The minimum Gasteiger partial charge on any atom is -0.480 e. The van der Waals surface area contributed by atoms with Crippen LogP contribution in [-0.2, 0) is 4.79 Å². The molecule has 0 aromatic rings. The molecular formula is C7H11NO2. The summed E-state index contributed by atoms with van der Waals surface area (Å²) in [5.41, 5.74) is -0.523. The standard InChI is InChI=1S/C7H11NO2/c9-6(10)7-2-1-5(3-7)4-8-7/h5,8H,1-4H2,(H,9,10)/t5-,7+/m0/s1. The van der Waals surface area contributed by atoms with E-state index in [9.17, 15) is 4.79 Å². The molecule has 0 aromatic heterocycles. The van der Waals surface area contributed by atoms with E-state index in [2.05, 4.69) is 5.32 Å². The molecule has 2 bridgehead atoms. The molecule has 2 N–H and O–H groups in total. The largest absolute Gasteiger partial charge is 0.480 e. The molecule has 1 aliphatic heterocycles. The van der Waals surface area contributed by atoms with Crippen molar-refractivity contribution in [3.05, 3.63) is 0 Å². The summed E-state index contributed by atoms with van der Waals surface area (Å²) in [7, 11) is 0. The Morgan fingerprint density at radius 2 is 2.50 bits per heavy atom. The number of hydrogen-bond acceptors (Lipinski definition) is 2. The number of piperidine rings is 1. The van der Waals surface area contributed by atoms with Crippen LogP contribution in [0.25, 0.3) is 0 Å². The minimum absolute atomic E-state index is 0.523. The van der Waals surface area contributed by atoms with Gasteiger partial charge in [-0.2, -0.15) is 0 Å². The van der Waals surface area contributed by atoms with E-state index in [-0.39, 0.29) is 0 Å². The number of carbonyl (C=O) groups is 1. The highest BCUT2D eigenvalue weighted by molar-refractivity contribution is 5.79. The average Bonchev–Trinajstić information content (AvgIpc) is 2.45. The van der Waals surface area contributed by atoms with Gasteiger partial charge in [0, 0.05) is 0 Å². The van der Waals surface area contributed by atoms with Gasteiger partial charge in [0.2, 0.25) is 0 Å². The summed E-state index contributed by atoms with van der Waals surface area (Å²) in [6, 6.07) is 0. The molecule has 0 amide bonds. The van der Waals surface area contributed by atoms with Gasteiger partial charge in [0.25, 0.3) is 0 Å². The first-order chi connectivity index (χ1) is 4.73. The Morgan fingerprint density at radius 3 is 2.70 bits per heavy atom. The van der Waals surface area contributed by atoms with Crippen LogP contribution in [0.2, 0.25) is 0 Å². The predicted octanol–water partition coefficient (Wildman–Crippen LogP) is 0.213. The van der Waals surface area contributed by atoms with Crippen molar-refractivity contribution in [3.8, 4) is 0 Å². The molecule has 56 valence electrons. The quantitative estimate of drug-likeness (QED) is 0.549. The van der Waals surface area contributed by atoms with Gasteiger partial charge in [0.05, 0.1) is 0 Å². The van der Waals surface area contributed by atoms with Gasteiger partial charge in [0.1, 0.15) is 5.54 Å². The van der Waals surface area contributed by atoms with Crippen molar-refractivity contribution in [3.63, 3.8) is 0 Å². The zero-order valence-corrected chi connectivity index (χ0v) is 5.76. The molecule has 0 spiro atoms. The third-order valence-corrected chi connectivity index (χ3v) is 2.76. The number of carboxylic acids is 1. The lowest BCUT2D eigenvalue weighted by molar-refractivity contribution is -0.144. The maximum Gasteiger partial charge on any atom is 0.323 e. The van der Waals surface area contributed by atoms with E-state index in [0.29, 0.717) is 5.92 Å². The molecule has 2 rings (SSSR count). The number of aliphatic carboxylic acids is 1. The Balaban J connectivity index is 2.23. The fraction of sp³-hybridized carbons (Fsp3) is 0.857. The summed E-state index contributed by atoms with van der Waals surface area (Å²) >= 11 is 0. The zero-order chi connectivity index (χ0) is 7.19. The van der Waals surface area contributed by atoms with Crippen molar-refractivity contribution in [2.75, 3.05) is 6.54 Å². The fourth-order valence-corrected chi connectivity index (χ4v) is 2.09. The first-order valence-electron chi connectivity index (χ1n) is 3.71. The van der Waals surface area contributed by atoms with Gasteiger partial charge in [-0.05, 0) is 31.7 Å². The van der Waals surface area contributed by atoms with E-state index in [1.807, 2.05) is 0 Å². The molecule has 1 heterocycles. The molecule has 1 aliphatic carbocycles. The maximum atomic E-state index is 10.7. The van der Waals surface area contributed by atoms with E-state index in [4.69, 9.17) is 5.11 Å².